The molecule has 8 nitrogen and oxygen atoms in total. The summed E-state index contributed by atoms with van der Waals surface area (Å²) >= 11 is 5.97. The summed E-state index contributed by atoms with van der Waals surface area (Å²) in [6, 6.07) is 5.81. The Kier molecular flexibility index (Phi) is 5.18. The molecule has 0 saturated heterocycles. The minimum atomic E-state index is -0.529. The summed E-state index contributed by atoms with van der Waals surface area (Å²) in [6.07, 6.45) is 5.93. The van der Waals surface area contributed by atoms with Crippen LogP contribution < -0.4 is 10.1 Å². The van der Waals surface area contributed by atoms with Crippen molar-refractivity contribution in [2.24, 2.45) is 0 Å². The van der Waals surface area contributed by atoms with E-state index in [4.69, 9.17) is 16.3 Å². The fraction of sp³-hybridized carbons (Fsp3) is 0.375. The molecule has 3 rings (SSSR count). The van der Waals surface area contributed by atoms with Gasteiger partial charge >= 0.3 is 0 Å². The zero-order chi connectivity index (χ0) is 17.8. The van der Waals surface area contributed by atoms with Gasteiger partial charge in [0.2, 0.25) is 0 Å². The van der Waals surface area contributed by atoms with E-state index in [9.17, 15) is 14.9 Å². The second-order valence-corrected chi connectivity index (χ2v) is 6.25. The lowest BCUT2D eigenvalue weighted by atomic mass is 10.2. The summed E-state index contributed by atoms with van der Waals surface area (Å²) in [5, 5.41) is 18.0. The number of amides is 1. The number of non-ortho nitro benzene ring substituents is 1. The monoisotopic (exact) mass is 364 g/mol. The molecule has 2 aromatic rings. The fourth-order valence-electron chi connectivity index (χ4n) is 2.74. The van der Waals surface area contributed by atoms with Gasteiger partial charge in [-0.2, -0.15) is 5.10 Å². The first-order valence-electron chi connectivity index (χ1n) is 7.94. The third kappa shape index (κ3) is 4.27. The molecule has 1 saturated carbocycles. The van der Waals surface area contributed by atoms with Gasteiger partial charge < -0.3 is 10.1 Å². The van der Waals surface area contributed by atoms with Crippen molar-refractivity contribution in [1.29, 1.82) is 0 Å². The molecule has 1 amide bonds. The number of rotatable bonds is 6. The first-order chi connectivity index (χ1) is 12.0. The number of carbonyl (C=O) groups is 1. The minimum absolute atomic E-state index is 0.0360. The summed E-state index contributed by atoms with van der Waals surface area (Å²) in [6.45, 7) is 0.0360. The number of hydrogen-bond acceptors (Lipinski definition) is 5. The summed E-state index contributed by atoms with van der Waals surface area (Å²) < 4.78 is 6.96. The van der Waals surface area contributed by atoms with Crippen molar-refractivity contribution in [2.45, 2.75) is 38.5 Å². The van der Waals surface area contributed by atoms with Crippen LogP contribution in [0.1, 0.15) is 36.2 Å². The third-order valence-corrected chi connectivity index (χ3v) is 4.34. The summed E-state index contributed by atoms with van der Waals surface area (Å²) in [4.78, 5) is 22.3. The van der Waals surface area contributed by atoms with Crippen LogP contribution in [-0.4, -0.2) is 26.7 Å². The zero-order valence-electron chi connectivity index (χ0n) is 13.4. The molecule has 0 atom stereocenters. The molecular weight excluding hydrogens is 348 g/mol. The number of halogens is 1. The predicted octanol–water partition coefficient (Wildman–Crippen LogP) is 3.15. The highest BCUT2D eigenvalue weighted by atomic mass is 35.5. The van der Waals surface area contributed by atoms with Crippen molar-refractivity contribution in [1.82, 2.24) is 15.1 Å². The van der Waals surface area contributed by atoms with Crippen molar-refractivity contribution in [3.05, 3.63) is 51.3 Å². The molecule has 9 heteroatoms. The minimum Gasteiger partial charge on any atom is -0.470 e. The van der Waals surface area contributed by atoms with Crippen LogP contribution in [0.5, 0.6) is 5.75 Å². The lowest BCUT2D eigenvalue weighted by Gasteiger charge is -2.10. The fourth-order valence-corrected chi connectivity index (χ4v) is 2.97. The normalized spacial score (nSPS) is 14.4. The molecule has 1 aliphatic carbocycles. The van der Waals surface area contributed by atoms with Gasteiger partial charge in [0.15, 0.2) is 6.73 Å². The van der Waals surface area contributed by atoms with E-state index in [2.05, 4.69) is 10.4 Å². The molecule has 1 aromatic carbocycles. The molecule has 0 spiro atoms. The lowest BCUT2D eigenvalue weighted by molar-refractivity contribution is -0.384. The molecule has 1 aliphatic rings. The van der Waals surface area contributed by atoms with Crippen molar-refractivity contribution in [3.63, 3.8) is 0 Å². The second kappa shape index (κ2) is 7.52. The molecule has 25 heavy (non-hydrogen) atoms. The SMILES string of the molecule is O=C(NC1CCCC1)c1ccn(COc2ccc([N+](=O)[O-])cc2Cl)n1. The zero-order valence-corrected chi connectivity index (χ0v) is 14.1. The topological polar surface area (TPSA) is 99.3 Å². The van der Waals surface area contributed by atoms with Crippen LogP contribution in [0.15, 0.2) is 30.5 Å². The molecule has 0 aliphatic heterocycles. The van der Waals surface area contributed by atoms with Crippen LogP contribution in [0.4, 0.5) is 5.69 Å². The molecule has 0 bridgehead atoms. The average Bonchev–Trinajstić information content (AvgIpc) is 3.25. The molecule has 1 fully saturated rings. The summed E-state index contributed by atoms with van der Waals surface area (Å²) in [7, 11) is 0. The van der Waals surface area contributed by atoms with Gasteiger partial charge in [0, 0.05) is 24.4 Å². The van der Waals surface area contributed by atoms with Crippen molar-refractivity contribution in [3.8, 4) is 5.75 Å². The Bertz CT molecular complexity index is 786. The number of hydrogen-bond donors (Lipinski definition) is 1. The molecule has 1 aromatic heterocycles. The van der Waals surface area contributed by atoms with Crippen LogP contribution in [0.2, 0.25) is 5.02 Å². The van der Waals surface area contributed by atoms with E-state index in [1.165, 1.54) is 22.9 Å². The Morgan fingerprint density at radius 2 is 2.16 bits per heavy atom. The predicted molar refractivity (Wildman–Crippen MR) is 90.7 cm³/mol. The number of ether oxygens (including phenoxy) is 1. The Balaban J connectivity index is 1.58. The number of nitrogens with zero attached hydrogens (tertiary/aromatic N) is 3. The Morgan fingerprint density at radius 3 is 2.84 bits per heavy atom. The molecule has 1 N–H and O–H groups in total. The van der Waals surface area contributed by atoms with E-state index >= 15 is 0 Å². The molecule has 0 radical (unpaired) electrons. The quantitative estimate of drug-likeness (QED) is 0.627. The largest absolute Gasteiger partial charge is 0.470 e. The maximum absolute atomic E-state index is 12.1. The Morgan fingerprint density at radius 1 is 1.40 bits per heavy atom. The number of benzene rings is 1. The highest BCUT2D eigenvalue weighted by Crippen LogP contribution is 2.28. The van der Waals surface area contributed by atoms with Gasteiger partial charge in [0.25, 0.3) is 11.6 Å². The van der Waals surface area contributed by atoms with E-state index in [1.807, 2.05) is 0 Å². The van der Waals surface area contributed by atoms with Crippen LogP contribution in [0.25, 0.3) is 0 Å². The first-order valence-corrected chi connectivity index (χ1v) is 8.32. The van der Waals surface area contributed by atoms with Gasteiger partial charge in [-0.05, 0) is 25.0 Å². The standard InChI is InChI=1S/C16H17ClN4O4/c17-13-9-12(21(23)24)5-6-15(13)25-10-20-8-7-14(19-20)16(22)18-11-3-1-2-4-11/h5-9,11H,1-4,10H2,(H,18,22). The van der Waals surface area contributed by atoms with Gasteiger partial charge in [0.05, 0.1) is 9.95 Å². The van der Waals surface area contributed by atoms with Crippen LogP contribution in [-0.2, 0) is 6.73 Å². The number of nitro groups is 1. The number of nitrogens with one attached hydrogen (secondary N) is 1. The smallest absolute Gasteiger partial charge is 0.271 e. The maximum Gasteiger partial charge on any atom is 0.271 e. The van der Waals surface area contributed by atoms with Crippen molar-refractivity contribution in [2.75, 3.05) is 0 Å². The van der Waals surface area contributed by atoms with E-state index in [0.29, 0.717) is 11.4 Å². The summed E-state index contributed by atoms with van der Waals surface area (Å²) in [5.74, 6) is 0.110. The summed E-state index contributed by atoms with van der Waals surface area (Å²) in [5.41, 5.74) is 0.215. The number of carbonyl (C=O) groups excluding carboxylic acids is 1. The third-order valence-electron chi connectivity index (χ3n) is 4.04. The maximum atomic E-state index is 12.1. The molecule has 132 valence electrons. The number of nitro benzene ring substituents is 1. The lowest BCUT2D eigenvalue weighted by Crippen LogP contribution is -2.32. The van der Waals surface area contributed by atoms with Crippen LogP contribution >= 0.6 is 11.6 Å². The Hall–Kier alpha value is -2.61. The van der Waals surface area contributed by atoms with Crippen molar-refractivity contribution >= 4 is 23.2 Å². The van der Waals surface area contributed by atoms with E-state index in [-0.39, 0.29) is 29.4 Å². The average molecular weight is 365 g/mol. The number of aromatic nitrogens is 2. The van der Waals surface area contributed by atoms with Crippen LogP contribution in [0, 0.1) is 10.1 Å². The van der Waals surface area contributed by atoms with E-state index in [1.54, 1.807) is 12.3 Å². The molecular formula is C16H17ClN4O4. The van der Waals surface area contributed by atoms with Crippen molar-refractivity contribution < 1.29 is 14.5 Å². The first kappa shape index (κ1) is 17.2. The van der Waals surface area contributed by atoms with E-state index < -0.39 is 4.92 Å². The van der Waals surface area contributed by atoms with E-state index in [0.717, 1.165) is 25.7 Å². The molecule has 1 heterocycles. The van der Waals surface area contributed by atoms with Gasteiger partial charge in [-0.3, -0.25) is 14.9 Å². The highest BCUT2D eigenvalue weighted by Gasteiger charge is 2.19. The second-order valence-electron chi connectivity index (χ2n) is 5.84. The van der Waals surface area contributed by atoms with Gasteiger partial charge in [-0.1, -0.05) is 24.4 Å². The Labute approximate surface area is 148 Å². The van der Waals surface area contributed by atoms with Gasteiger partial charge in [0.1, 0.15) is 11.4 Å². The highest BCUT2D eigenvalue weighted by molar-refractivity contribution is 6.32. The van der Waals surface area contributed by atoms with Crippen LogP contribution in [0.3, 0.4) is 0 Å². The van der Waals surface area contributed by atoms with Gasteiger partial charge in [-0.15, -0.1) is 0 Å². The molecule has 0 unspecified atom stereocenters. The van der Waals surface area contributed by atoms with Gasteiger partial charge in [-0.25, -0.2) is 4.68 Å².